The van der Waals surface area contributed by atoms with Gasteiger partial charge in [-0.25, -0.2) is 9.78 Å². The van der Waals surface area contributed by atoms with Crippen LogP contribution in [0.25, 0.3) is 22.4 Å². The van der Waals surface area contributed by atoms with E-state index in [1.807, 2.05) is 31.5 Å². The Morgan fingerprint density at radius 2 is 1.93 bits per heavy atom. The number of nitrogens with zero attached hydrogens (tertiary/aromatic N) is 4. The molecule has 0 aliphatic carbocycles. The highest BCUT2D eigenvalue weighted by atomic mass is 16.6. The minimum Gasteiger partial charge on any atom is -0.450 e. The molecule has 7 nitrogen and oxygen atoms in total. The first-order valence-electron chi connectivity index (χ1n) is 9.23. The first kappa shape index (κ1) is 17.3. The van der Waals surface area contributed by atoms with Crippen molar-refractivity contribution in [3.8, 4) is 11.4 Å². The Morgan fingerprint density at radius 3 is 2.67 bits per heavy atom. The van der Waals surface area contributed by atoms with Gasteiger partial charge in [-0.15, -0.1) is 0 Å². The SMILES string of the molecule is CCOC(=O)N1CCN(c2ccnc3[nH]c(-c4cc(C)ccn4)cc23)CC1. The van der Waals surface area contributed by atoms with Crippen LogP contribution < -0.4 is 4.90 Å². The van der Waals surface area contributed by atoms with Gasteiger partial charge in [0.2, 0.25) is 0 Å². The van der Waals surface area contributed by atoms with E-state index < -0.39 is 0 Å². The van der Waals surface area contributed by atoms with E-state index in [1.54, 1.807) is 4.90 Å². The van der Waals surface area contributed by atoms with E-state index in [-0.39, 0.29) is 6.09 Å². The Bertz CT molecular complexity index is 960. The maximum absolute atomic E-state index is 11.9. The molecule has 4 rings (SSSR count). The molecule has 3 aromatic heterocycles. The smallest absolute Gasteiger partial charge is 0.409 e. The number of amides is 1. The number of ether oxygens (including phenoxy) is 1. The predicted octanol–water partition coefficient (Wildman–Crippen LogP) is 3.21. The number of fused-ring (bicyclic) bond motifs is 1. The van der Waals surface area contributed by atoms with E-state index in [2.05, 4.69) is 38.9 Å². The molecule has 27 heavy (non-hydrogen) atoms. The molecule has 1 aliphatic heterocycles. The van der Waals surface area contributed by atoms with Gasteiger partial charge in [0.05, 0.1) is 18.0 Å². The number of hydrogen-bond donors (Lipinski definition) is 1. The summed E-state index contributed by atoms with van der Waals surface area (Å²) in [6.07, 6.45) is 3.41. The average molecular weight is 365 g/mol. The molecule has 0 spiro atoms. The lowest BCUT2D eigenvalue weighted by molar-refractivity contribution is 0.105. The molecule has 0 bridgehead atoms. The third kappa shape index (κ3) is 3.45. The zero-order valence-electron chi connectivity index (χ0n) is 15.6. The number of piperazine rings is 1. The molecule has 7 heteroatoms. The number of aromatic amines is 1. The van der Waals surface area contributed by atoms with E-state index in [0.29, 0.717) is 19.7 Å². The van der Waals surface area contributed by atoms with Gasteiger partial charge in [-0.2, -0.15) is 0 Å². The first-order valence-corrected chi connectivity index (χ1v) is 9.23. The molecule has 1 saturated heterocycles. The van der Waals surface area contributed by atoms with Gasteiger partial charge in [-0.1, -0.05) is 0 Å². The van der Waals surface area contributed by atoms with E-state index in [0.717, 1.165) is 41.2 Å². The summed E-state index contributed by atoms with van der Waals surface area (Å²) in [7, 11) is 0. The van der Waals surface area contributed by atoms with Gasteiger partial charge in [-0.05, 0) is 43.7 Å². The van der Waals surface area contributed by atoms with Crippen molar-refractivity contribution in [2.45, 2.75) is 13.8 Å². The van der Waals surface area contributed by atoms with Crippen LogP contribution in [0.2, 0.25) is 0 Å². The summed E-state index contributed by atoms with van der Waals surface area (Å²) in [4.78, 5) is 28.3. The molecule has 1 amide bonds. The molecule has 3 aromatic rings. The van der Waals surface area contributed by atoms with Gasteiger partial charge in [0, 0.05) is 49.6 Å². The highest BCUT2D eigenvalue weighted by Crippen LogP contribution is 2.30. The van der Waals surface area contributed by atoms with Gasteiger partial charge in [0.15, 0.2) is 0 Å². The van der Waals surface area contributed by atoms with E-state index in [9.17, 15) is 4.79 Å². The average Bonchev–Trinajstić information content (AvgIpc) is 3.13. The third-order valence-corrected chi connectivity index (χ3v) is 4.85. The predicted molar refractivity (Wildman–Crippen MR) is 105 cm³/mol. The highest BCUT2D eigenvalue weighted by molar-refractivity contribution is 5.93. The maximum Gasteiger partial charge on any atom is 0.409 e. The van der Waals surface area contributed by atoms with Crippen LogP contribution in [0.4, 0.5) is 10.5 Å². The summed E-state index contributed by atoms with van der Waals surface area (Å²) in [6, 6.07) is 8.18. The second kappa shape index (κ2) is 7.26. The van der Waals surface area contributed by atoms with Crippen LogP contribution in [0.5, 0.6) is 0 Å². The number of carbonyl (C=O) groups is 1. The van der Waals surface area contributed by atoms with Crippen molar-refractivity contribution in [1.82, 2.24) is 19.9 Å². The van der Waals surface area contributed by atoms with Gasteiger partial charge >= 0.3 is 6.09 Å². The van der Waals surface area contributed by atoms with Crippen LogP contribution in [0.15, 0.2) is 36.7 Å². The molecule has 140 valence electrons. The summed E-state index contributed by atoms with van der Waals surface area (Å²) in [5, 5.41) is 1.07. The second-order valence-electron chi connectivity index (χ2n) is 6.67. The fraction of sp³-hybridized carbons (Fsp3) is 0.350. The Labute approximate surface area is 158 Å². The summed E-state index contributed by atoms with van der Waals surface area (Å²) in [5.74, 6) is 0. The van der Waals surface area contributed by atoms with Crippen molar-refractivity contribution in [3.05, 3.63) is 42.2 Å². The van der Waals surface area contributed by atoms with Crippen molar-refractivity contribution < 1.29 is 9.53 Å². The van der Waals surface area contributed by atoms with E-state index in [4.69, 9.17) is 4.74 Å². The number of aryl methyl sites for hydroxylation is 1. The number of H-pyrrole nitrogens is 1. The molecular formula is C20H23N5O2. The number of carbonyl (C=O) groups excluding carboxylic acids is 1. The highest BCUT2D eigenvalue weighted by Gasteiger charge is 2.23. The number of hydrogen-bond acceptors (Lipinski definition) is 5. The molecule has 1 N–H and O–H groups in total. The van der Waals surface area contributed by atoms with E-state index >= 15 is 0 Å². The van der Waals surface area contributed by atoms with Crippen LogP contribution >= 0.6 is 0 Å². The molecule has 0 aromatic carbocycles. The molecule has 0 radical (unpaired) electrons. The molecule has 0 unspecified atom stereocenters. The number of nitrogens with one attached hydrogen (secondary N) is 1. The van der Waals surface area contributed by atoms with Crippen molar-refractivity contribution >= 4 is 22.8 Å². The van der Waals surface area contributed by atoms with Crippen molar-refractivity contribution in [3.63, 3.8) is 0 Å². The summed E-state index contributed by atoms with van der Waals surface area (Å²) >= 11 is 0. The Balaban J connectivity index is 1.59. The normalized spacial score (nSPS) is 14.6. The van der Waals surface area contributed by atoms with Crippen molar-refractivity contribution in [1.29, 1.82) is 0 Å². The molecule has 1 aliphatic rings. The summed E-state index contributed by atoms with van der Waals surface area (Å²) < 4.78 is 5.10. The molecule has 0 atom stereocenters. The van der Waals surface area contributed by atoms with Crippen molar-refractivity contribution in [2.75, 3.05) is 37.7 Å². The third-order valence-electron chi connectivity index (χ3n) is 4.85. The Morgan fingerprint density at radius 1 is 1.15 bits per heavy atom. The molecule has 0 saturated carbocycles. The maximum atomic E-state index is 11.9. The number of rotatable bonds is 3. The fourth-order valence-electron chi connectivity index (χ4n) is 3.45. The van der Waals surface area contributed by atoms with Crippen LogP contribution in [0.3, 0.4) is 0 Å². The van der Waals surface area contributed by atoms with E-state index in [1.165, 1.54) is 5.56 Å². The van der Waals surface area contributed by atoms with Crippen molar-refractivity contribution in [2.24, 2.45) is 0 Å². The minimum atomic E-state index is -0.230. The lowest BCUT2D eigenvalue weighted by Gasteiger charge is -2.35. The monoisotopic (exact) mass is 365 g/mol. The van der Waals surface area contributed by atoms with Crippen LogP contribution in [0, 0.1) is 6.92 Å². The van der Waals surface area contributed by atoms with Gasteiger partial charge < -0.3 is 19.5 Å². The number of anilines is 1. The standard InChI is InChI=1S/C20H23N5O2/c1-3-27-20(26)25-10-8-24(9-11-25)18-5-7-22-19-15(18)13-17(23-19)16-12-14(2)4-6-21-16/h4-7,12-13H,3,8-11H2,1-2H3,(H,22,23). The minimum absolute atomic E-state index is 0.230. The largest absolute Gasteiger partial charge is 0.450 e. The first-order chi connectivity index (χ1) is 13.2. The van der Waals surface area contributed by atoms with Gasteiger partial charge in [0.25, 0.3) is 0 Å². The summed E-state index contributed by atoms with van der Waals surface area (Å²) in [6.45, 7) is 7.12. The summed E-state index contributed by atoms with van der Waals surface area (Å²) in [5.41, 5.74) is 5.00. The fourth-order valence-corrected chi connectivity index (χ4v) is 3.45. The lowest BCUT2D eigenvalue weighted by atomic mass is 10.2. The second-order valence-corrected chi connectivity index (χ2v) is 6.67. The van der Waals surface area contributed by atoms with Crippen LogP contribution in [0.1, 0.15) is 12.5 Å². The van der Waals surface area contributed by atoms with Crippen LogP contribution in [-0.2, 0) is 4.74 Å². The lowest BCUT2D eigenvalue weighted by Crippen LogP contribution is -2.49. The zero-order valence-corrected chi connectivity index (χ0v) is 15.6. The molecule has 1 fully saturated rings. The van der Waals surface area contributed by atoms with Crippen LogP contribution in [-0.4, -0.2) is 58.7 Å². The Hall–Kier alpha value is -3.09. The topological polar surface area (TPSA) is 74.3 Å². The molecular weight excluding hydrogens is 342 g/mol. The van der Waals surface area contributed by atoms with Gasteiger partial charge in [-0.3, -0.25) is 4.98 Å². The number of pyridine rings is 2. The van der Waals surface area contributed by atoms with Gasteiger partial charge in [0.1, 0.15) is 5.65 Å². The zero-order chi connectivity index (χ0) is 18.8. The Kier molecular flexibility index (Phi) is 4.66. The quantitative estimate of drug-likeness (QED) is 0.771. The number of aromatic nitrogens is 3. The molecule has 4 heterocycles.